The van der Waals surface area contributed by atoms with Crippen LogP contribution in [-0.4, -0.2) is 33.8 Å². The van der Waals surface area contributed by atoms with Gasteiger partial charge in [-0.1, -0.05) is 69.2 Å². The third-order valence-electron chi connectivity index (χ3n) is 8.38. The van der Waals surface area contributed by atoms with E-state index in [-0.39, 0.29) is 17.5 Å². The van der Waals surface area contributed by atoms with Crippen molar-refractivity contribution in [2.24, 2.45) is 17.3 Å². The van der Waals surface area contributed by atoms with Crippen LogP contribution in [0.4, 0.5) is 4.39 Å². The molecule has 5 unspecified atom stereocenters. The van der Waals surface area contributed by atoms with Gasteiger partial charge in [-0.05, 0) is 67.8 Å². The Kier molecular flexibility index (Phi) is 7.98. The number of hydrogen-bond acceptors (Lipinski definition) is 3. The van der Waals surface area contributed by atoms with Crippen LogP contribution < -0.4 is 0 Å². The summed E-state index contributed by atoms with van der Waals surface area (Å²) in [5, 5.41) is 28.5. The van der Waals surface area contributed by atoms with E-state index in [1.807, 2.05) is 26.0 Å². The number of fused-ring (bicyclic) bond motifs is 1. The third-order valence-corrected chi connectivity index (χ3v) is 8.38. The van der Waals surface area contributed by atoms with E-state index in [4.69, 9.17) is 5.41 Å². The third kappa shape index (κ3) is 5.17. The van der Waals surface area contributed by atoms with Gasteiger partial charge in [-0.3, -0.25) is 0 Å². The van der Waals surface area contributed by atoms with Crippen molar-refractivity contribution in [3.8, 4) is 0 Å². The topological polar surface area (TPSA) is 64.3 Å². The smallest absolute Gasteiger partial charge is 0.144 e. The molecule has 0 aliphatic heterocycles. The molecule has 0 spiro atoms. The predicted octanol–water partition coefficient (Wildman–Crippen LogP) is 6.62. The average Bonchev–Trinajstić information content (AvgIpc) is 3.12. The van der Waals surface area contributed by atoms with Crippen molar-refractivity contribution < 1.29 is 14.6 Å². The standard InChI is InChI=1S/C28H42FNO2/c1-5-28(32,6-2)16-7-9-19(3)23-13-14-24-20(10-8-15-27(23,24)4)11-12-21-17-22(31)18-25(29)26(21)30/h7,11-13,16,19,22,24-25,30-32H,5-6,8-10,14-15,17-18H2,1-4H3/b16-7+,20-11+,21-12-,30-26?. The lowest BCUT2D eigenvalue weighted by atomic mass is 9.62. The van der Waals surface area contributed by atoms with Gasteiger partial charge in [-0.2, -0.15) is 0 Å². The molecule has 3 nitrogen and oxygen atoms in total. The first kappa shape index (κ1) is 25.1. The van der Waals surface area contributed by atoms with E-state index in [0.29, 0.717) is 23.8 Å². The molecule has 0 amide bonds. The molecule has 3 aliphatic rings. The van der Waals surface area contributed by atoms with E-state index < -0.39 is 17.9 Å². The molecule has 32 heavy (non-hydrogen) atoms. The van der Waals surface area contributed by atoms with E-state index in [9.17, 15) is 14.6 Å². The first-order valence-electron chi connectivity index (χ1n) is 12.5. The van der Waals surface area contributed by atoms with Crippen LogP contribution in [0.1, 0.15) is 85.5 Å². The SMILES string of the molecule is CCC(O)(/C=C/CC(C)C1=CCC2/C(=C/C=C3/CC(O)CC(F)C3=N)CCCC12C)CC. The van der Waals surface area contributed by atoms with Crippen molar-refractivity contribution in [3.63, 3.8) is 0 Å². The average molecular weight is 444 g/mol. The Bertz CT molecular complexity index is 819. The summed E-state index contributed by atoms with van der Waals surface area (Å²) in [6.45, 7) is 8.75. The van der Waals surface area contributed by atoms with Crippen molar-refractivity contribution in [3.05, 3.63) is 47.1 Å². The Morgan fingerprint density at radius 1 is 1.31 bits per heavy atom. The molecule has 3 aliphatic carbocycles. The number of rotatable bonds is 7. The highest BCUT2D eigenvalue weighted by molar-refractivity contribution is 6.02. The van der Waals surface area contributed by atoms with E-state index in [1.165, 1.54) is 17.6 Å². The Morgan fingerprint density at radius 2 is 2.03 bits per heavy atom. The fourth-order valence-corrected chi connectivity index (χ4v) is 6.09. The first-order valence-corrected chi connectivity index (χ1v) is 12.5. The summed E-state index contributed by atoms with van der Waals surface area (Å²) in [5.41, 5.74) is 3.06. The fraction of sp³-hybridized carbons (Fsp3) is 0.679. The molecule has 4 heteroatoms. The van der Waals surface area contributed by atoms with E-state index >= 15 is 0 Å². The number of aliphatic hydroxyl groups excluding tert-OH is 1. The number of hydrogen-bond donors (Lipinski definition) is 3. The lowest BCUT2D eigenvalue weighted by molar-refractivity contribution is 0.0824. The van der Waals surface area contributed by atoms with Crippen molar-refractivity contribution in [1.29, 1.82) is 5.41 Å². The summed E-state index contributed by atoms with van der Waals surface area (Å²) in [6, 6.07) is 0. The van der Waals surface area contributed by atoms with Gasteiger partial charge in [0.05, 0.1) is 17.4 Å². The van der Waals surface area contributed by atoms with Crippen LogP contribution in [0.3, 0.4) is 0 Å². The summed E-state index contributed by atoms with van der Waals surface area (Å²) in [4.78, 5) is 0. The Morgan fingerprint density at radius 3 is 2.72 bits per heavy atom. The second kappa shape index (κ2) is 10.2. The molecule has 0 saturated heterocycles. The maximum Gasteiger partial charge on any atom is 0.144 e. The van der Waals surface area contributed by atoms with Crippen LogP contribution in [0.15, 0.2) is 47.1 Å². The van der Waals surface area contributed by atoms with Crippen LogP contribution >= 0.6 is 0 Å². The van der Waals surface area contributed by atoms with Crippen molar-refractivity contribution in [2.75, 3.05) is 0 Å². The molecular formula is C28H42FNO2. The summed E-state index contributed by atoms with van der Waals surface area (Å²) in [7, 11) is 0. The van der Waals surface area contributed by atoms with Crippen molar-refractivity contribution in [1.82, 2.24) is 0 Å². The van der Waals surface area contributed by atoms with Crippen LogP contribution in [0.5, 0.6) is 0 Å². The molecule has 0 aromatic heterocycles. The highest BCUT2D eigenvalue weighted by Gasteiger charge is 2.45. The molecule has 5 atom stereocenters. The molecule has 0 heterocycles. The fourth-order valence-electron chi connectivity index (χ4n) is 6.09. The minimum atomic E-state index is -1.35. The van der Waals surface area contributed by atoms with Crippen LogP contribution in [0, 0.1) is 22.7 Å². The summed E-state index contributed by atoms with van der Waals surface area (Å²) < 4.78 is 14.0. The van der Waals surface area contributed by atoms with E-state index in [0.717, 1.165) is 38.5 Å². The second-order valence-electron chi connectivity index (χ2n) is 10.5. The summed E-state index contributed by atoms with van der Waals surface area (Å²) >= 11 is 0. The zero-order chi connectivity index (χ0) is 23.5. The van der Waals surface area contributed by atoms with Gasteiger partial charge >= 0.3 is 0 Å². The Labute approximate surface area is 193 Å². The van der Waals surface area contributed by atoms with Gasteiger partial charge in [0.25, 0.3) is 0 Å². The lowest BCUT2D eigenvalue weighted by Gasteiger charge is -2.42. The molecular weight excluding hydrogens is 401 g/mol. The van der Waals surface area contributed by atoms with E-state index in [1.54, 1.807) is 0 Å². The quantitative estimate of drug-likeness (QED) is 0.387. The summed E-state index contributed by atoms with van der Waals surface area (Å²) in [6.07, 6.45) is 15.8. The minimum absolute atomic E-state index is 0.0375. The van der Waals surface area contributed by atoms with E-state index in [2.05, 4.69) is 32.1 Å². The minimum Gasteiger partial charge on any atom is -0.393 e. The zero-order valence-corrected chi connectivity index (χ0v) is 20.3. The lowest BCUT2D eigenvalue weighted by Crippen LogP contribution is -2.32. The van der Waals surface area contributed by atoms with Gasteiger partial charge in [-0.25, -0.2) is 4.39 Å². The van der Waals surface area contributed by atoms with Crippen LogP contribution in [-0.2, 0) is 0 Å². The molecule has 2 saturated carbocycles. The molecule has 2 fully saturated rings. The maximum atomic E-state index is 14.0. The first-order chi connectivity index (χ1) is 15.1. The largest absolute Gasteiger partial charge is 0.393 e. The summed E-state index contributed by atoms with van der Waals surface area (Å²) in [5.74, 6) is 0.896. The van der Waals surface area contributed by atoms with Gasteiger partial charge in [0.1, 0.15) is 6.17 Å². The zero-order valence-electron chi connectivity index (χ0n) is 20.3. The monoisotopic (exact) mass is 443 g/mol. The molecule has 0 aromatic rings. The van der Waals surface area contributed by atoms with Crippen LogP contribution in [0.25, 0.3) is 0 Å². The highest BCUT2D eigenvalue weighted by Crippen LogP contribution is 2.56. The van der Waals surface area contributed by atoms with Crippen molar-refractivity contribution >= 4 is 5.71 Å². The molecule has 3 rings (SSSR count). The highest BCUT2D eigenvalue weighted by atomic mass is 19.1. The molecule has 0 bridgehead atoms. The van der Waals surface area contributed by atoms with Gasteiger partial charge < -0.3 is 15.6 Å². The predicted molar refractivity (Wildman–Crippen MR) is 131 cm³/mol. The van der Waals surface area contributed by atoms with Gasteiger partial charge in [0.15, 0.2) is 0 Å². The van der Waals surface area contributed by atoms with Crippen LogP contribution in [0.2, 0.25) is 0 Å². The number of aliphatic hydroxyl groups is 2. The maximum absolute atomic E-state index is 14.0. The van der Waals surface area contributed by atoms with Gasteiger partial charge in [-0.15, -0.1) is 0 Å². The molecule has 0 radical (unpaired) electrons. The second-order valence-corrected chi connectivity index (χ2v) is 10.5. The van der Waals surface area contributed by atoms with Gasteiger partial charge in [0, 0.05) is 12.8 Å². The number of nitrogens with one attached hydrogen (secondary N) is 1. The molecule has 0 aromatic carbocycles. The van der Waals surface area contributed by atoms with Crippen molar-refractivity contribution in [2.45, 2.75) is 103 Å². The Balaban J connectivity index is 1.73. The molecule has 3 N–H and O–H groups in total. The number of halogens is 1. The Hall–Kier alpha value is -1.52. The number of allylic oxidation sites excluding steroid dienone is 6. The van der Waals surface area contributed by atoms with Gasteiger partial charge in [0.2, 0.25) is 0 Å². The normalized spacial score (nSPS) is 34.9. The number of alkyl halides is 1. The molecule has 178 valence electrons.